The average molecular weight is 285 g/mol. The van der Waals surface area contributed by atoms with Crippen molar-refractivity contribution in [3.63, 3.8) is 0 Å². The van der Waals surface area contributed by atoms with Gasteiger partial charge in [-0.2, -0.15) is 5.26 Å². The van der Waals surface area contributed by atoms with Crippen LogP contribution in [0.1, 0.15) is 11.1 Å². The van der Waals surface area contributed by atoms with E-state index in [1.807, 2.05) is 78.9 Å². The van der Waals surface area contributed by atoms with Gasteiger partial charge in [-0.1, -0.05) is 54.6 Å². The van der Waals surface area contributed by atoms with Crippen LogP contribution in [0.15, 0.2) is 78.9 Å². The molecule has 0 aliphatic rings. The van der Waals surface area contributed by atoms with Crippen molar-refractivity contribution >= 4 is 0 Å². The zero-order valence-corrected chi connectivity index (χ0v) is 12.1. The Kier molecular flexibility index (Phi) is 4.17. The summed E-state index contributed by atoms with van der Waals surface area (Å²) < 4.78 is 5.85. The fourth-order valence-corrected chi connectivity index (χ4v) is 2.24. The second-order valence-electron chi connectivity index (χ2n) is 4.99. The highest BCUT2D eigenvalue weighted by molar-refractivity contribution is 5.65. The van der Waals surface area contributed by atoms with Crippen LogP contribution in [-0.2, 0) is 6.61 Å². The van der Waals surface area contributed by atoms with Crippen molar-refractivity contribution in [2.75, 3.05) is 0 Å². The van der Waals surface area contributed by atoms with Crippen LogP contribution in [0.3, 0.4) is 0 Å². The lowest BCUT2D eigenvalue weighted by Gasteiger charge is -2.08. The van der Waals surface area contributed by atoms with E-state index in [1.165, 1.54) is 0 Å². The van der Waals surface area contributed by atoms with Gasteiger partial charge in [0.25, 0.3) is 0 Å². The van der Waals surface area contributed by atoms with Gasteiger partial charge in [0.05, 0.1) is 11.6 Å². The molecule has 0 aliphatic heterocycles. The second-order valence-corrected chi connectivity index (χ2v) is 4.99. The minimum atomic E-state index is 0.553. The molecular weight excluding hydrogens is 270 g/mol. The van der Waals surface area contributed by atoms with E-state index in [4.69, 9.17) is 10.00 Å². The Balaban J connectivity index is 1.76. The molecule has 0 aliphatic carbocycles. The van der Waals surface area contributed by atoms with Crippen LogP contribution >= 0.6 is 0 Å². The van der Waals surface area contributed by atoms with Crippen molar-refractivity contribution in [2.45, 2.75) is 6.61 Å². The quantitative estimate of drug-likeness (QED) is 0.689. The highest BCUT2D eigenvalue weighted by atomic mass is 16.5. The summed E-state index contributed by atoms with van der Waals surface area (Å²) >= 11 is 0. The first-order valence-corrected chi connectivity index (χ1v) is 7.12. The number of nitrogens with zero attached hydrogens (tertiary/aromatic N) is 1. The summed E-state index contributed by atoms with van der Waals surface area (Å²) in [5, 5.41) is 8.85. The van der Waals surface area contributed by atoms with Crippen LogP contribution in [0.25, 0.3) is 11.1 Å². The molecule has 3 aromatic rings. The van der Waals surface area contributed by atoms with Gasteiger partial charge in [0, 0.05) is 0 Å². The van der Waals surface area contributed by atoms with E-state index in [0.717, 1.165) is 22.4 Å². The molecule has 0 radical (unpaired) electrons. The maximum Gasteiger partial charge on any atom is 0.120 e. The molecule has 106 valence electrons. The van der Waals surface area contributed by atoms with Crippen LogP contribution in [0, 0.1) is 11.3 Å². The first-order valence-electron chi connectivity index (χ1n) is 7.12. The van der Waals surface area contributed by atoms with Gasteiger partial charge in [0.2, 0.25) is 0 Å². The Morgan fingerprint density at radius 1 is 0.773 bits per heavy atom. The monoisotopic (exact) mass is 285 g/mol. The van der Waals surface area contributed by atoms with Crippen LogP contribution in [0.4, 0.5) is 0 Å². The van der Waals surface area contributed by atoms with Crippen molar-refractivity contribution in [1.82, 2.24) is 0 Å². The topological polar surface area (TPSA) is 33.0 Å². The molecule has 0 aromatic heterocycles. The van der Waals surface area contributed by atoms with Gasteiger partial charge in [-0.15, -0.1) is 0 Å². The average Bonchev–Trinajstić information content (AvgIpc) is 2.61. The fraction of sp³-hybridized carbons (Fsp3) is 0.0500. The molecule has 0 fully saturated rings. The highest BCUT2D eigenvalue weighted by Crippen LogP contribution is 2.24. The predicted molar refractivity (Wildman–Crippen MR) is 87.4 cm³/mol. The molecule has 0 bridgehead atoms. The number of nitriles is 1. The van der Waals surface area contributed by atoms with Crippen molar-refractivity contribution in [2.24, 2.45) is 0 Å². The lowest BCUT2D eigenvalue weighted by Crippen LogP contribution is -1.95. The molecule has 0 saturated heterocycles. The normalized spacial score (nSPS) is 9.95. The van der Waals surface area contributed by atoms with Crippen LogP contribution < -0.4 is 4.74 Å². The summed E-state index contributed by atoms with van der Waals surface area (Å²) in [6.07, 6.45) is 0. The molecule has 0 spiro atoms. The smallest absolute Gasteiger partial charge is 0.120 e. The summed E-state index contributed by atoms with van der Waals surface area (Å²) in [7, 11) is 0. The molecule has 2 heteroatoms. The van der Waals surface area contributed by atoms with Crippen LogP contribution in [0.5, 0.6) is 5.75 Å². The third-order valence-electron chi connectivity index (χ3n) is 3.43. The summed E-state index contributed by atoms with van der Waals surface area (Å²) in [5.41, 5.74) is 3.96. The molecule has 3 aromatic carbocycles. The number of ether oxygens (including phenoxy) is 1. The molecule has 3 rings (SSSR count). The third kappa shape index (κ3) is 3.34. The number of rotatable bonds is 4. The van der Waals surface area contributed by atoms with E-state index >= 15 is 0 Å². The number of benzene rings is 3. The summed E-state index contributed by atoms with van der Waals surface area (Å²) in [6.45, 7) is 0.553. The van der Waals surface area contributed by atoms with E-state index in [0.29, 0.717) is 12.2 Å². The van der Waals surface area contributed by atoms with Gasteiger partial charge < -0.3 is 4.74 Å². The molecule has 0 atom stereocenters. The first-order chi connectivity index (χ1) is 10.8. The fourth-order valence-electron chi connectivity index (χ4n) is 2.24. The first kappa shape index (κ1) is 13.9. The third-order valence-corrected chi connectivity index (χ3v) is 3.43. The summed E-state index contributed by atoms with van der Waals surface area (Å²) in [6, 6.07) is 27.8. The van der Waals surface area contributed by atoms with Crippen molar-refractivity contribution in [1.29, 1.82) is 5.26 Å². The van der Waals surface area contributed by atoms with Crippen molar-refractivity contribution in [3.8, 4) is 22.9 Å². The lowest BCUT2D eigenvalue weighted by atomic mass is 10.0. The van der Waals surface area contributed by atoms with Crippen molar-refractivity contribution in [3.05, 3.63) is 90.0 Å². The molecule has 0 unspecified atom stereocenters. The van der Waals surface area contributed by atoms with E-state index in [-0.39, 0.29) is 0 Å². The minimum Gasteiger partial charge on any atom is -0.489 e. The second kappa shape index (κ2) is 6.60. The SMILES string of the molecule is N#Cc1ccc(-c2cccc(OCc3ccccc3)c2)cc1. The van der Waals surface area contributed by atoms with E-state index in [2.05, 4.69) is 6.07 Å². The Bertz CT molecular complexity index is 786. The van der Waals surface area contributed by atoms with Crippen molar-refractivity contribution < 1.29 is 4.74 Å². The molecule has 0 N–H and O–H groups in total. The van der Waals surface area contributed by atoms with Crippen LogP contribution in [-0.4, -0.2) is 0 Å². The van der Waals surface area contributed by atoms with Gasteiger partial charge in [-0.05, 0) is 41.0 Å². The van der Waals surface area contributed by atoms with E-state index in [1.54, 1.807) is 0 Å². The summed E-state index contributed by atoms with van der Waals surface area (Å²) in [5.74, 6) is 0.839. The standard InChI is InChI=1S/C20H15NO/c21-14-16-9-11-18(12-10-16)19-7-4-8-20(13-19)22-15-17-5-2-1-3-6-17/h1-13H,15H2. The molecule has 22 heavy (non-hydrogen) atoms. The molecule has 0 amide bonds. The Morgan fingerprint density at radius 2 is 1.55 bits per heavy atom. The molecule has 2 nitrogen and oxygen atoms in total. The van der Waals surface area contributed by atoms with Gasteiger partial charge in [-0.3, -0.25) is 0 Å². The summed E-state index contributed by atoms with van der Waals surface area (Å²) in [4.78, 5) is 0. The predicted octanol–water partition coefficient (Wildman–Crippen LogP) is 4.80. The van der Waals surface area contributed by atoms with Crippen LogP contribution in [0.2, 0.25) is 0 Å². The van der Waals surface area contributed by atoms with Gasteiger partial charge in [0.15, 0.2) is 0 Å². The molecule has 0 heterocycles. The maximum absolute atomic E-state index is 8.85. The van der Waals surface area contributed by atoms with Gasteiger partial charge in [0.1, 0.15) is 12.4 Å². The Morgan fingerprint density at radius 3 is 2.27 bits per heavy atom. The van der Waals surface area contributed by atoms with E-state index in [9.17, 15) is 0 Å². The zero-order chi connectivity index (χ0) is 15.2. The largest absolute Gasteiger partial charge is 0.489 e. The zero-order valence-electron chi connectivity index (χ0n) is 12.1. The molecule has 0 saturated carbocycles. The van der Waals surface area contributed by atoms with Gasteiger partial charge in [-0.25, -0.2) is 0 Å². The van der Waals surface area contributed by atoms with E-state index < -0.39 is 0 Å². The Hall–Kier alpha value is -3.05. The minimum absolute atomic E-state index is 0.553. The highest BCUT2D eigenvalue weighted by Gasteiger charge is 2.01. The molecular formula is C20H15NO. The maximum atomic E-state index is 8.85. The number of hydrogen-bond donors (Lipinski definition) is 0. The lowest BCUT2D eigenvalue weighted by molar-refractivity contribution is 0.306. The number of hydrogen-bond acceptors (Lipinski definition) is 2. The Labute approximate surface area is 130 Å². The van der Waals surface area contributed by atoms with Gasteiger partial charge >= 0.3 is 0 Å².